The number of likely N-dealkylation sites (tertiary alicyclic amines) is 1. The van der Waals surface area contributed by atoms with Gasteiger partial charge in [0.1, 0.15) is 0 Å². The lowest BCUT2D eigenvalue weighted by molar-refractivity contribution is -0.132. The summed E-state index contributed by atoms with van der Waals surface area (Å²) in [4.78, 5) is 13.0. The summed E-state index contributed by atoms with van der Waals surface area (Å²) in [6, 6.07) is 0. The topological polar surface area (TPSA) is 29.5 Å². The van der Waals surface area contributed by atoms with Crippen molar-refractivity contribution in [3.8, 4) is 0 Å². The van der Waals surface area contributed by atoms with Crippen molar-refractivity contribution in [2.24, 2.45) is 0 Å². The molecule has 82 valence electrons. The quantitative estimate of drug-likeness (QED) is 0.482. The van der Waals surface area contributed by atoms with E-state index in [-0.39, 0.29) is 6.23 Å². The molecule has 0 bridgehead atoms. The van der Waals surface area contributed by atoms with Crippen LogP contribution in [0.3, 0.4) is 0 Å². The second-order valence-electron chi connectivity index (χ2n) is 3.85. The molecular formula is C11H21NO2. The number of aldehydes is 1. The van der Waals surface area contributed by atoms with Crippen LogP contribution in [0.4, 0.5) is 0 Å². The van der Waals surface area contributed by atoms with E-state index in [2.05, 4.69) is 11.8 Å². The van der Waals surface area contributed by atoms with Gasteiger partial charge >= 0.3 is 0 Å². The molecule has 1 heterocycles. The van der Waals surface area contributed by atoms with Gasteiger partial charge in [-0.15, -0.1) is 0 Å². The fourth-order valence-electron chi connectivity index (χ4n) is 1.75. The largest absolute Gasteiger partial charge is 0.356 e. The molecule has 0 aromatic carbocycles. The van der Waals surface area contributed by atoms with E-state index in [1.807, 2.05) is 0 Å². The first-order valence-corrected chi connectivity index (χ1v) is 5.69. The van der Waals surface area contributed by atoms with Crippen molar-refractivity contribution >= 4 is 6.29 Å². The highest BCUT2D eigenvalue weighted by Crippen LogP contribution is 2.12. The smallest absolute Gasteiger partial charge is 0.167 e. The van der Waals surface area contributed by atoms with Crippen LogP contribution in [0.15, 0.2) is 0 Å². The van der Waals surface area contributed by atoms with Crippen LogP contribution in [0.2, 0.25) is 0 Å². The monoisotopic (exact) mass is 199 g/mol. The highest BCUT2D eigenvalue weighted by Gasteiger charge is 2.19. The minimum absolute atomic E-state index is 0.290. The Morgan fingerprint density at radius 1 is 1.36 bits per heavy atom. The summed E-state index contributed by atoms with van der Waals surface area (Å²) in [5.74, 6) is 0. The van der Waals surface area contributed by atoms with Gasteiger partial charge in [0.15, 0.2) is 12.5 Å². The normalized spacial score (nSPS) is 20.6. The zero-order chi connectivity index (χ0) is 10.2. The van der Waals surface area contributed by atoms with Gasteiger partial charge in [-0.05, 0) is 19.3 Å². The molecule has 1 aliphatic rings. The molecule has 0 amide bonds. The van der Waals surface area contributed by atoms with Gasteiger partial charge < -0.3 is 4.74 Å². The number of nitrogens with zero attached hydrogens (tertiary/aromatic N) is 1. The molecule has 0 N–H and O–H groups in total. The maximum atomic E-state index is 10.8. The van der Waals surface area contributed by atoms with Crippen LogP contribution in [0, 0.1) is 0 Å². The number of carbonyl (C=O) groups excluding carboxylic acids is 1. The molecule has 0 spiro atoms. The highest BCUT2D eigenvalue weighted by atomic mass is 16.5. The molecule has 1 atom stereocenters. The van der Waals surface area contributed by atoms with Gasteiger partial charge in [0.05, 0.1) is 0 Å². The van der Waals surface area contributed by atoms with Gasteiger partial charge in [-0.2, -0.15) is 0 Å². The molecule has 1 aliphatic heterocycles. The summed E-state index contributed by atoms with van der Waals surface area (Å²) in [5.41, 5.74) is 0. The third kappa shape index (κ3) is 3.76. The Morgan fingerprint density at radius 3 is 2.64 bits per heavy atom. The Bertz CT molecular complexity index is 155. The first-order valence-electron chi connectivity index (χ1n) is 5.69. The summed E-state index contributed by atoms with van der Waals surface area (Å²) in [6.45, 7) is 4.85. The van der Waals surface area contributed by atoms with Crippen molar-refractivity contribution < 1.29 is 9.53 Å². The fraction of sp³-hybridized carbons (Fsp3) is 0.909. The van der Waals surface area contributed by atoms with Crippen LogP contribution >= 0.6 is 0 Å². The average molecular weight is 199 g/mol. The Labute approximate surface area is 86.4 Å². The van der Waals surface area contributed by atoms with Crippen molar-refractivity contribution in [3.63, 3.8) is 0 Å². The number of hydrogen-bond donors (Lipinski definition) is 0. The molecule has 0 aromatic rings. The second-order valence-corrected chi connectivity index (χ2v) is 3.85. The van der Waals surface area contributed by atoms with E-state index < -0.39 is 0 Å². The van der Waals surface area contributed by atoms with Crippen LogP contribution in [0.5, 0.6) is 0 Å². The van der Waals surface area contributed by atoms with E-state index >= 15 is 0 Å². The van der Waals surface area contributed by atoms with E-state index in [4.69, 9.17) is 4.74 Å². The third-order valence-corrected chi connectivity index (χ3v) is 2.65. The van der Waals surface area contributed by atoms with Gasteiger partial charge in [-0.1, -0.05) is 19.8 Å². The van der Waals surface area contributed by atoms with Crippen molar-refractivity contribution in [2.45, 2.75) is 45.3 Å². The van der Waals surface area contributed by atoms with Crippen LogP contribution in [-0.2, 0) is 9.53 Å². The molecule has 0 aromatic heterocycles. The van der Waals surface area contributed by atoms with Crippen molar-refractivity contribution in [2.75, 3.05) is 19.7 Å². The molecule has 1 unspecified atom stereocenters. The van der Waals surface area contributed by atoms with E-state index in [0.717, 1.165) is 32.2 Å². The summed E-state index contributed by atoms with van der Waals surface area (Å²) >= 11 is 0. The Kier molecular flexibility index (Phi) is 5.80. The predicted molar refractivity (Wildman–Crippen MR) is 56.1 cm³/mol. The lowest BCUT2D eigenvalue weighted by atomic mass is 10.1. The zero-order valence-corrected chi connectivity index (χ0v) is 9.08. The number of ether oxygens (including phenoxy) is 1. The Morgan fingerprint density at radius 2 is 2.07 bits per heavy atom. The molecule has 0 saturated carbocycles. The number of piperidine rings is 1. The van der Waals surface area contributed by atoms with Crippen LogP contribution in [0.1, 0.15) is 39.0 Å². The maximum Gasteiger partial charge on any atom is 0.167 e. The lowest BCUT2D eigenvalue weighted by Gasteiger charge is -2.30. The Hall–Kier alpha value is -0.410. The molecule has 3 heteroatoms. The standard InChI is InChI=1S/C11H21NO2/c1-2-3-9-14-11(10-13)12-7-5-4-6-8-12/h10-11H,2-9H2,1H3. The van der Waals surface area contributed by atoms with Crippen LogP contribution in [0.25, 0.3) is 0 Å². The fourth-order valence-corrected chi connectivity index (χ4v) is 1.75. The van der Waals surface area contributed by atoms with E-state index in [9.17, 15) is 4.79 Å². The summed E-state index contributed by atoms with van der Waals surface area (Å²) in [5, 5.41) is 0. The lowest BCUT2D eigenvalue weighted by Crippen LogP contribution is -2.42. The number of hydrogen-bond acceptors (Lipinski definition) is 3. The minimum atomic E-state index is -0.290. The predicted octanol–water partition coefficient (Wildman–Crippen LogP) is 1.81. The summed E-state index contributed by atoms with van der Waals surface area (Å²) in [7, 11) is 0. The summed E-state index contributed by atoms with van der Waals surface area (Å²) < 4.78 is 5.53. The SMILES string of the molecule is CCCCOC(C=O)N1CCCCC1. The molecular weight excluding hydrogens is 178 g/mol. The Balaban J connectivity index is 2.24. The first kappa shape index (κ1) is 11.7. The van der Waals surface area contributed by atoms with Crippen molar-refractivity contribution in [1.29, 1.82) is 0 Å². The van der Waals surface area contributed by atoms with Crippen molar-refractivity contribution in [1.82, 2.24) is 4.90 Å². The molecule has 14 heavy (non-hydrogen) atoms. The van der Waals surface area contributed by atoms with Crippen LogP contribution in [-0.4, -0.2) is 37.1 Å². The maximum absolute atomic E-state index is 10.8. The number of unbranched alkanes of at least 4 members (excludes halogenated alkanes) is 1. The third-order valence-electron chi connectivity index (χ3n) is 2.65. The van der Waals surface area contributed by atoms with Crippen molar-refractivity contribution in [3.05, 3.63) is 0 Å². The van der Waals surface area contributed by atoms with Gasteiger partial charge in [0.2, 0.25) is 0 Å². The van der Waals surface area contributed by atoms with E-state index in [1.54, 1.807) is 0 Å². The van der Waals surface area contributed by atoms with Crippen LogP contribution < -0.4 is 0 Å². The molecule has 0 radical (unpaired) electrons. The highest BCUT2D eigenvalue weighted by molar-refractivity contribution is 5.55. The minimum Gasteiger partial charge on any atom is -0.356 e. The molecule has 1 saturated heterocycles. The second kappa shape index (κ2) is 6.96. The average Bonchev–Trinajstić information content (AvgIpc) is 2.26. The molecule has 0 aliphatic carbocycles. The molecule has 1 fully saturated rings. The number of rotatable bonds is 6. The number of carbonyl (C=O) groups is 1. The van der Waals surface area contributed by atoms with Gasteiger partial charge in [0.25, 0.3) is 0 Å². The van der Waals surface area contributed by atoms with Gasteiger partial charge in [0, 0.05) is 19.7 Å². The summed E-state index contributed by atoms with van der Waals surface area (Å²) in [6.07, 6.45) is 6.48. The van der Waals surface area contributed by atoms with Gasteiger partial charge in [-0.25, -0.2) is 0 Å². The van der Waals surface area contributed by atoms with Gasteiger partial charge in [-0.3, -0.25) is 9.69 Å². The van der Waals surface area contributed by atoms with E-state index in [0.29, 0.717) is 6.61 Å². The zero-order valence-electron chi connectivity index (χ0n) is 9.08. The molecule has 1 rings (SSSR count). The first-order chi connectivity index (χ1) is 6.88. The molecule has 3 nitrogen and oxygen atoms in total. The van der Waals surface area contributed by atoms with E-state index in [1.165, 1.54) is 19.3 Å².